The molecule has 7 aromatic rings. The lowest BCUT2D eigenvalue weighted by atomic mass is 9.94. The molecule has 2 aliphatic rings. The average Bonchev–Trinajstić information content (AvgIpc) is 1.58. The number of fused-ring (bicyclic) bond motifs is 20. The number of H-pyrrole nitrogens is 2. The monoisotopic (exact) mass is 2060 g/mol. The second-order valence-electron chi connectivity index (χ2n) is 38.5. The van der Waals surface area contributed by atoms with Crippen molar-refractivity contribution in [2.45, 2.75) is 435 Å². The molecule has 9 rings (SSSR count). The van der Waals surface area contributed by atoms with Crippen LogP contribution >= 0.6 is 47.0 Å². The van der Waals surface area contributed by atoms with Crippen LogP contribution in [0, 0.1) is 0 Å². The van der Waals surface area contributed by atoms with E-state index in [0.29, 0.717) is 160 Å². The van der Waals surface area contributed by atoms with E-state index in [1.54, 1.807) is 0 Å². The summed E-state index contributed by atoms with van der Waals surface area (Å²) in [5, 5.41) is 1.83. The number of esters is 8. The fourth-order valence-electron chi connectivity index (χ4n) is 17.9. The first kappa shape index (κ1) is 119. The first-order valence-electron chi connectivity index (χ1n) is 55.8. The lowest BCUT2D eigenvalue weighted by Gasteiger charge is -2.20. The molecule has 0 radical (unpaired) electrons. The van der Waals surface area contributed by atoms with Crippen LogP contribution in [0.25, 0.3) is 89.7 Å². The fourth-order valence-corrected chi connectivity index (χ4v) is 22.3. The third-order valence-corrected chi connectivity index (χ3v) is 31.1. The number of hydrogen-bond acceptors (Lipinski definition) is 26. The van der Waals surface area contributed by atoms with Crippen LogP contribution < -0.4 is 0 Å². The minimum atomic E-state index is -1.56. The molecule has 4 aromatic carbocycles. The van der Waals surface area contributed by atoms with Gasteiger partial charge in [0.25, 0.3) is 0 Å². The Labute approximate surface area is 875 Å². The Balaban J connectivity index is 1.55. The predicted molar refractivity (Wildman–Crippen MR) is 587 cm³/mol. The van der Waals surface area contributed by atoms with Gasteiger partial charge in [-0.3, -0.25) is 38.4 Å². The maximum Gasteiger partial charge on any atom is 0.324 e. The molecule has 5 heterocycles. The largest absolute Gasteiger partial charge is 0.465 e. The van der Waals surface area contributed by atoms with Crippen molar-refractivity contribution in [1.82, 2.24) is 39.9 Å². The van der Waals surface area contributed by atoms with E-state index >= 15 is 38.4 Å². The minimum absolute atomic E-state index is 0.0849. The number of aromatic amines is 2. The van der Waals surface area contributed by atoms with Gasteiger partial charge >= 0.3 is 47.8 Å². The number of rotatable bonds is 76. The van der Waals surface area contributed by atoms with E-state index in [-0.39, 0.29) is 98.7 Å². The third-order valence-electron chi connectivity index (χ3n) is 26.4. The average molecular weight is 2060 g/mol. The molecule has 0 saturated heterocycles. The molecule has 0 atom stereocenters. The third kappa shape index (κ3) is 37.0. The van der Waals surface area contributed by atoms with E-state index in [2.05, 4.69) is 93.1 Å². The summed E-state index contributed by atoms with van der Waals surface area (Å²) in [5.74, 6) is -9.30. The van der Waals surface area contributed by atoms with E-state index in [0.717, 1.165) is 257 Å². The van der Waals surface area contributed by atoms with Crippen LogP contribution in [0.4, 0.5) is 0 Å². The molecular formula is C116H170N8O16S4. The second kappa shape index (κ2) is 68.1. The summed E-state index contributed by atoms with van der Waals surface area (Å²) < 4.78 is 49.9. The fraction of sp³-hybridized carbons (Fsp3) is 0.655. The number of carbonyl (C=O) groups is 8. The molecule has 794 valence electrons. The summed E-state index contributed by atoms with van der Waals surface area (Å²) in [4.78, 5) is 168. The first-order chi connectivity index (χ1) is 70.4. The Morgan fingerprint density at radius 2 is 0.375 bits per heavy atom. The Morgan fingerprint density at radius 1 is 0.208 bits per heavy atom. The molecular weight excluding hydrogens is 1890 g/mol. The summed E-state index contributed by atoms with van der Waals surface area (Å²) >= 11 is 6.08. The van der Waals surface area contributed by atoms with Crippen LogP contribution in [0.15, 0.2) is 68.1 Å². The number of ether oxygens (including phenoxy) is 8. The molecule has 0 amide bonds. The number of thioether (sulfide) groups is 4. The Hall–Kier alpha value is -8.60. The van der Waals surface area contributed by atoms with E-state index in [9.17, 15) is 0 Å². The van der Waals surface area contributed by atoms with Crippen LogP contribution in [0.1, 0.15) is 437 Å². The van der Waals surface area contributed by atoms with E-state index < -0.39 is 71.4 Å². The van der Waals surface area contributed by atoms with Gasteiger partial charge in [0.1, 0.15) is 22.6 Å². The zero-order valence-corrected chi connectivity index (χ0v) is 92.5. The van der Waals surface area contributed by atoms with Gasteiger partial charge in [-0.1, -0.05) is 314 Å². The van der Waals surface area contributed by atoms with Crippen molar-refractivity contribution in [3.63, 3.8) is 0 Å². The van der Waals surface area contributed by atoms with Crippen molar-refractivity contribution in [2.75, 3.05) is 75.9 Å². The van der Waals surface area contributed by atoms with Gasteiger partial charge in [-0.25, -0.2) is 29.9 Å². The zero-order chi connectivity index (χ0) is 103. The smallest absolute Gasteiger partial charge is 0.324 e. The Kier molecular flexibility index (Phi) is 56.3. The van der Waals surface area contributed by atoms with Gasteiger partial charge < -0.3 is 47.9 Å². The van der Waals surface area contributed by atoms with Gasteiger partial charge in [0.05, 0.1) is 52.9 Å². The Morgan fingerprint density at radius 3 is 0.569 bits per heavy atom. The lowest BCUT2D eigenvalue weighted by Crippen LogP contribution is -2.27. The quantitative estimate of drug-likeness (QED) is 0.0118. The molecule has 2 aliphatic heterocycles. The van der Waals surface area contributed by atoms with Crippen LogP contribution in [-0.2, 0) is 76.3 Å². The lowest BCUT2D eigenvalue weighted by molar-refractivity contribution is -0.159. The number of carbonyl (C=O) groups excluding carboxylic acids is 8. The minimum Gasteiger partial charge on any atom is -0.465 e. The van der Waals surface area contributed by atoms with Crippen molar-refractivity contribution in [2.24, 2.45) is 0 Å². The van der Waals surface area contributed by atoms with Crippen LogP contribution in [-0.4, -0.2) is 163 Å². The molecule has 0 spiro atoms. The summed E-state index contributed by atoms with van der Waals surface area (Å²) in [6.45, 7) is 26.3. The van der Waals surface area contributed by atoms with Gasteiger partial charge in [0, 0.05) is 63.4 Å². The molecule has 0 saturated carbocycles. The van der Waals surface area contributed by atoms with Gasteiger partial charge in [-0.2, -0.15) is 0 Å². The highest BCUT2D eigenvalue weighted by Crippen LogP contribution is 2.48. The highest BCUT2D eigenvalue weighted by atomic mass is 32.2. The van der Waals surface area contributed by atoms with Crippen LogP contribution in [0.3, 0.4) is 0 Å². The van der Waals surface area contributed by atoms with E-state index in [4.69, 9.17) is 67.8 Å². The predicted octanol–water partition coefficient (Wildman–Crippen LogP) is 30.9. The van der Waals surface area contributed by atoms with Gasteiger partial charge in [0.15, 0.2) is 47.0 Å². The number of aromatic nitrogens is 8. The molecule has 0 unspecified atom stereocenters. The van der Waals surface area contributed by atoms with Crippen LogP contribution in [0.2, 0.25) is 0 Å². The standard InChI is InChI=1S/C116H170N8O16S4/c1-13-25-37-49-61-133-109(125)97(110(126)134-62-50-38-26-14-2)89-73-81-85(77-93(89)141-69-57-45-33-21-9)105-117-101(81)121-106-86-78-94(142-70-58-46-34-22-10)90(98(111(127)135-63-51-39-27-15-3)112(128)136-64-52-40-28-16-4)74-82(86)103(118-106)123-108-88-80-96(144-72-60-48-36-24-12)92(100(115(131)139-67-55-43-31-19-7)116(132)140-68-56-44-32-20-8)76-84(88)104(120-108)124-107-87-79-95(143-71-59-47-35-23-11)91(75-83(87)102(119-107)122-105)99(113(129)137-65-53-41-29-17-5)114(130)138-66-54-42-30-18-6/h73-80,97-100H,13-72H2,1-12H3,(H2,117,118,119,120,121,122,123,124). The number of nitrogens with zero attached hydrogens (tertiary/aromatic N) is 6. The molecule has 3 aromatic heterocycles. The highest BCUT2D eigenvalue weighted by molar-refractivity contribution is 8.00. The van der Waals surface area contributed by atoms with Gasteiger partial charge in [-0.05, 0) is 171 Å². The van der Waals surface area contributed by atoms with E-state index in [1.807, 2.05) is 48.5 Å². The molecule has 8 bridgehead atoms. The van der Waals surface area contributed by atoms with Crippen molar-refractivity contribution >= 4 is 139 Å². The summed E-state index contributed by atoms with van der Waals surface area (Å²) in [6.07, 6.45) is 41.5. The van der Waals surface area contributed by atoms with Crippen molar-refractivity contribution in [1.29, 1.82) is 0 Å². The normalized spacial score (nSPS) is 11.8. The van der Waals surface area contributed by atoms with Crippen molar-refractivity contribution in [3.8, 4) is 45.6 Å². The molecule has 0 aliphatic carbocycles. The second-order valence-corrected chi connectivity index (χ2v) is 43.1. The number of benzene rings is 4. The van der Waals surface area contributed by atoms with Crippen molar-refractivity contribution < 1.29 is 76.3 Å². The maximum absolute atomic E-state index is 15.5. The maximum atomic E-state index is 15.5. The summed E-state index contributed by atoms with van der Waals surface area (Å²) in [6, 6.07) is 15.1. The zero-order valence-electron chi connectivity index (χ0n) is 89.2. The Bertz CT molecular complexity index is 4910. The molecule has 2 N–H and O–H groups in total. The summed E-state index contributed by atoms with van der Waals surface area (Å²) in [5.41, 5.74) is 3.94. The first-order valence-corrected chi connectivity index (χ1v) is 59.7. The SMILES string of the molecule is CCCCCCOC(=O)C(C(=O)OCCCCCC)c1cc2c(cc1SCCCCCC)-c1nc-2nc2[nH]c(nc3nc(nc4[nH]c(n1)c1cc(C(C(=O)OCCCCCC)C(=O)OCCCCCC)c(SCCCCCC)cc41)-c1cc(C(C(=O)OCCCCCC)C(=O)OCCCCCC)c(SCCCCCC)cc1-3)c1cc(C(C(=O)OCCCCCC)C(=O)OCCCCCC)c(SCCCCCC)cc21. The summed E-state index contributed by atoms with van der Waals surface area (Å²) in [7, 11) is 0. The van der Waals surface area contributed by atoms with Gasteiger partial charge in [0.2, 0.25) is 0 Å². The van der Waals surface area contributed by atoms with Crippen LogP contribution in [0.5, 0.6) is 0 Å². The molecule has 24 nitrogen and oxygen atoms in total. The number of nitrogens with one attached hydrogen (secondary N) is 2. The van der Waals surface area contributed by atoms with Crippen molar-refractivity contribution in [3.05, 3.63) is 70.8 Å². The topological polar surface area (TPSA) is 319 Å². The van der Waals surface area contributed by atoms with E-state index in [1.165, 1.54) is 47.0 Å². The molecule has 28 heteroatoms. The number of hydrogen-bond donors (Lipinski definition) is 2. The number of unbranched alkanes of at least 4 members (excludes halogenated alkanes) is 36. The molecule has 0 fully saturated rings. The highest BCUT2D eigenvalue weighted by Gasteiger charge is 2.42. The van der Waals surface area contributed by atoms with Gasteiger partial charge in [-0.15, -0.1) is 47.0 Å². The molecule has 144 heavy (non-hydrogen) atoms.